The van der Waals surface area contributed by atoms with E-state index < -0.39 is 0 Å². The zero-order valence-electron chi connectivity index (χ0n) is 16.7. The van der Waals surface area contributed by atoms with Crippen LogP contribution in [0.4, 0.5) is 11.8 Å². The fourth-order valence-electron chi connectivity index (χ4n) is 2.76. The molecule has 3 heterocycles. The predicted octanol–water partition coefficient (Wildman–Crippen LogP) is 3.80. The third-order valence-electron chi connectivity index (χ3n) is 4.00. The van der Waals surface area contributed by atoms with E-state index in [-0.39, 0.29) is 6.10 Å². The van der Waals surface area contributed by atoms with Crippen LogP contribution >= 0.6 is 0 Å². The molecule has 2 N–H and O–H groups in total. The van der Waals surface area contributed by atoms with Gasteiger partial charge in [0.2, 0.25) is 5.95 Å². The average Bonchev–Trinajstić information content (AvgIpc) is 3.04. The SMILES string of the molecule is CC.CC.CCCNc1nc(N2CCC(O)CC2)c2ccn(C)c2n1. The van der Waals surface area contributed by atoms with Gasteiger partial charge in [-0.15, -0.1) is 0 Å². The van der Waals surface area contributed by atoms with Crippen LogP contribution in [0.25, 0.3) is 11.0 Å². The van der Waals surface area contributed by atoms with Crippen molar-refractivity contribution in [1.82, 2.24) is 14.5 Å². The summed E-state index contributed by atoms with van der Waals surface area (Å²) in [4.78, 5) is 11.6. The molecule has 0 bridgehead atoms. The lowest BCUT2D eigenvalue weighted by Crippen LogP contribution is -2.36. The topological polar surface area (TPSA) is 66.2 Å². The van der Waals surface area contributed by atoms with Gasteiger partial charge in [0.05, 0.1) is 11.5 Å². The molecule has 3 rings (SSSR count). The van der Waals surface area contributed by atoms with Gasteiger partial charge in [-0.05, 0) is 25.3 Å². The molecule has 0 aliphatic carbocycles. The summed E-state index contributed by atoms with van der Waals surface area (Å²) >= 11 is 0. The molecule has 6 heteroatoms. The van der Waals surface area contributed by atoms with Crippen molar-refractivity contribution in [2.75, 3.05) is 29.9 Å². The third-order valence-corrected chi connectivity index (χ3v) is 4.00. The number of aromatic nitrogens is 3. The van der Waals surface area contributed by atoms with Crippen molar-refractivity contribution >= 4 is 22.8 Å². The Balaban J connectivity index is 0.000000730. The van der Waals surface area contributed by atoms with Gasteiger partial charge < -0.3 is 19.9 Å². The Kier molecular flexibility index (Phi) is 9.27. The van der Waals surface area contributed by atoms with Crippen LogP contribution in [0, 0.1) is 0 Å². The molecule has 0 aromatic carbocycles. The molecule has 25 heavy (non-hydrogen) atoms. The fraction of sp³-hybridized carbons (Fsp3) is 0.684. The fourth-order valence-corrected chi connectivity index (χ4v) is 2.76. The lowest BCUT2D eigenvalue weighted by Gasteiger charge is -2.31. The molecule has 0 radical (unpaired) electrons. The summed E-state index contributed by atoms with van der Waals surface area (Å²) in [7, 11) is 2.00. The molecule has 6 nitrogen and oxygen atoms in total. The second-order valence-corrected chi connectivity index (χ2v) is 5.68. The van der Waals surface area contributed by atoms with E-state index in [0.717, 1.165) is 55.7 Å². The van der Waals surface area contributed by atoms with Gasteiger partial charge in [0.1, 0.15) is 11.5 Å². The zero-order chi connectivity index (χ0) is 18.8. The Labute approximate surface area is 152 Å². The maximum absolute atomic E-state index is 9.69. The van der Waals surface area contributed by atoms with E-state index in [1.807, 2.05) is 45.5 Å². The van der Waals surface area contributed by atoms with Crippen molar-refractivity contribution < 1.29 is 5.11 Å². The van der Waals surface area contributed by atoms with E-state index >= 15 is 0 Å². The van der Waals surface area contributed by atoms with Crippen LogP contribution in [0.15, 0.2) is 12.3 Å². The number of nitrogens with one attached hydrogen (secondary N) is 1. The van der Waals surface area contributed by atoms with E-state index in [1.54, 1.807) is 0 Å². The summed E-state index contributed by atoms with van der Waals surface area (Å²) in [5.41, 5.74) is 0.949. The maximum Gasteiger partial charge on any atom is 0.226 e. The van der Waals surface area contributed by atoms with E-state index in [2.05, 4.69) is 28.2 Å². The molecule has 1 saturated heterocycles. The summed E-state index contributed by atoms with van der Waals surface area (Å²) in [6.45, 7) is 12.7. The molecular weight excluding hydrogens is 314 g/mol. The Hall–Kier alpha value is -1.82. The highest BCUT2D eigenvalue weighted by atomic mass is 16.3. The molecule has 2 aromatic rings. The van der Waals surface area contributed by atoms with Crippen LogP contribution in [0.3, 0.4) is 0 Å². The highest BCUT2D eigenvalue weighted by molar-refractivity contribution is 5.89. The number of aliphatic hydroxyl groups is 1. The lowest BCUT2D eigenvalue weighted by molar-refractivity contribution is 0.145. The van der Waals surface area contributed by atoms with Gasteiger partial charge in [-0.25, -0.2) is 0 Å². The minimum absolute atomic E-state index is 0.174. The maximum atomic E-state index is 9.69. The van der Waals surface area contributed by atoms with Gasteiger partial charge in [0.25, 0.3) is 0 Å². The highest BCUT2D eigenvalue weighted by Crippen LogP contribution is 2.28. The molecule has 0 unspecified atom stereocenters. The summed E-state index contributed by atoms with van der Waals surface area (Å²) < 4.78 is 2.02. The molecule has 0 spiro atoms. The monoisotopic (exact) mass is 349 g/mol. The molecule has 1 aliphatic heterocycles. The van der Waals surface area contributed by atoms with E-state index in [0.29, 0.717) is 5.95 Å². The average molecular weight is 350 g/mol. The van der Waals surface area contributed by atoms with Crippen molar-refractivity contribution in [1.29, 1.82) is 0 Å². The van der Waals surface area contributed by atoms with E-state index in [4.69, 9.17) is 4.98 Å². The van der Waals surface area contributed by atoms with Gasteiger partial charge in [0.15, 0.2) is 0 Å². The molecule has 1 fully saturated rings. The van der Waals surface area contributed by atoms with Gasteiger partial charge in [-0.3, -0.25) is 0 Å². The molecule has 2 aromatic heterocycles. The number of rotatable bonds is 4. The largest absolute Gasteiger partial charge is 0.393 e. The number of aliphatic hydroxyl groups excluding tert-OH is 1. The van der Waals surface area contributed by atoms with Gasteiger partial charge in [-0.1, -0.05) is 34.6 Å². The number of piperidine rings is 1. The van der Waals surface area contributed by atoms with Crippen LogP contribution in [-0.2, 0) is 7.05 Å². The Morgan fingerprint density at radius 1 is 1.16 bits per heavy atom. The number of nitrogens with zero attached hydrogens (tertiary/aromatic N) is 4. The molecule has 1 aliphatic rings. The van der Waals surface area contributed by atoms with Gasteiger partial charge in [0, 0.05) is 32.9 Å². The van der Waals surface area contributed by atoms with Crippen LogP contribution in [-0.4, -0.2) is 45.4 Å². The number of hydrogen-bond donors (Lipinski definition) is 2. The second-order valence-electron chi connectivity index (χ2n) is 5.68. The zero-order valence-corrected chi connectivity index (χ0v) is 16.7. The summed E-state index contributed by atoms with van der Waals surface area (Å²) in [6, 6.07) is 2.07. The van der Waals surface area contributed by atoms with Gasteiger partial charge in [-0.2, -0.15) is 9.97 Å². The van der Waals surface area contributed by atoms with Crippen molar-refractivity contribution in [3.05, 3.63) is 12.3 Å². The first-order valence-electron chi connectivity index (χ1n) is 9.69. The Morgan fingerprint density at radius 2 is 1.80 bits per heavy atom. The number of aryl methyl sites for hydroxylation is 1. The first kappa shape index (κ1) is 21.2. The Bertz CT molecular complexity index is 618. The molecule has 0 atom stereocenters. The van der Waals surface area contributed by atoms with Crippen molar-refractivity contribution in [3.63, 3.8) is 0 Å². The molecular formula is C19H35N5O. The number of fused-ring (bicyclic) bond motifs is 1. The minimum atomic E-state index is -0.174. The first-order chi connectivity index (χ1) is 12.2. The smallest absolute Gasteiger partial charge is 0.226 e. The van der Waals surface area contributed by atoms with Gasteiger partial charge >= 0.3 is 0 Å². The lowest BCUT2D eigenvalue weighted by atomic mass is 10.1. The highest BCUT2D eigenvalue weighted by Gasteiger charge is 2.21. The van der Waals surface area contributed by atoms with Crippen molar-refractivity contribution in [2.24, 2.45) is 7.05 Å². The second kappa shape index (κ2) is 10.9. The molecule has 0 amide bonds. The first-order valence-corrected chi connectivity index (χ1v) is 9.69. The van der Waals surface area contributed by atoms with Crippen LogP contribution in [0.1, 0.15) is 53.9 Å². The number of anilines is 2. The van der Waals surface area contributed by atoms with E-state index in [9.17, 15) is 5.11 Å². The molecule has 142 valence electrons. The van der Waals surface area contributed by atoms with Crippen molar-refractivity contribution in [2.45, 2.75) is 60.0 Å². The molecule has 0 saturated carbocycles. The normalized spacial score (nSPS) is 14.4. The quantitative estimate of drug-likeness (QED) is 0.879. The summed E-state index contributed by atoms with van der Waals surface area (Å²) in [6.07, 6.45) is 4.49. The standard InChI is InChI=1S/C15H23N5O.2C2H6/c1-3-7-16-15-17-13-12(6-8-19(13)2)14(18-15)20-9-4-11(21)5-10-20;2*1-2/h6,8,11,21H,3-5,7,9-10H2,1-2H3,(H,16,17,18);2*1-2H3. The van der Waals surface area contributed by atoms with Crippen LogP contribution < -0.4 is 10.2 Å². The summed E-state index contributed by atoms with van der Waals surface area (Å²) in [5.74, 6) is 1.67. The van der Waals surface area contributed by atoms with E-state index in [1.165, 1.54) is 0 Å². The third kappa shape index (κ3) is 5.33. The minimum Gasteiger partial charge on any atom is -0.393 e. The van der Waals surface area contributed by atoms with Crippen LogP contribution in [0.5, 0.6) is 0 Å². The van der Waals surface area contributed by atoms with Crippen LogP contribution in [0.2, 0.25) is 0 Å². The summed E-state index contributed by atoms with van der Waals surface area (Å²) in [5, 5.41) is 14.0. The predicted molar refractivity (Wildman–Crippen MR) is 107 cm³/mol. The van der Waals surface area contributed by atoms with Crippen molar-refractivity contribution in [3.8, 4) is 0 Å². The number of hydrogen-bond acceptors (Lipinski definition) is 5. The Morgan fingerprint density at radius 3 is 2.40 bits per heavy atom.